The van der Waals surface area contributed by atoms with Gasteiger partial charge in [0.1, 0.15) is 12.4 Å². The minimum absolute atomic E-state index is 0.228. The Morgan fingerprint density at radius 1 is 1.30 bits per heavy atom. The molecule has 3 rings (SSSR count). The Labute approximate surface area is 115 Å². The van der Waals surface area contributed by atoms with E-state index in [1.165, 1.54) is 0 Å². The van der Waals surface area contributed by atoms with Crippen molar-refractivity contribution in [2.24, 2.45) is 5.84 Å². The summed E-state index contributed by atoms with van der Waals surface area (Å²) in [5.41, 5.74) is 2.43. The average Bonchev–Trinajstić information content (AvgIpc) is 3.17. The van der Waals surface area contributed by atoms with Crippen molar-refractivity contribution in [2.45, 2.75) is 19.4 Å². The first-order valence-electron chi connectivity index (χ1n) is 6.48. The van der Waals surface area contributed by atoms with E-state index in [-0.39, 0.29) is 18.6 Å². The standard InChI is InChI=1S/C12H16N6O2/c13-17-10-14-11(18-5-1-2-6-18)16-12(15-10)20-8-9-4-3-7-19-9/h3-4,7H,1-2,5-6,8,13H2,(H,14,15,16,17). The van der Waals surface area contributed by atoms with Crippen LogP contribution in [0.2, 0.25) is 0 Å². The number of ether oxygens (including phenoxy) is 1. The van der Waals surface area contributed by atoms with Gasteiger partial charge in [-0.25, -0.2) is 5.84 Å². The fourth-order valence-corrected chi connectivity index (χ4v) is 2.06. The van der Waals surface area contributed by atoms with E-state index >= 15 is 0 Å². The zero-order chi connectivity index (χ0) is 13.8. The van der Waals surface area contributed by atoms with Crippen LogP contribution in [0.4, 0.5) is 11.9 Å². The fourth-order valence-electron chi connectivity index (χ4n) is 2.06. The highest BCUT2D eigenvalue weighted by molar-refractivity contribution is 5.38. The van der Waals surface area contributed by atoms with E-state index in [1.54, 1.807) is 12.3 Å². The molecule has 0 saturated carbocycles. The smallest absolute Gasteiger partial charge is 0.323 e. The summed E-state index contributed by atoms with van der Waals surface area (Å²) >= 11 is 0. The van der Waals surface area contributed by atoms with Crippen LogP contribution in [0.3, 0.4) is 0 Å². The van der Waals surface area contributed by atoms with E-state index in [9.17, 15) is 0 Å². The number of nitrogen functional groups attached to an aromatic ring is 1. The first kappa shape index (κ1) is 12.7. The van der Waals surface area contributed by atoms with Gasteiger partial charge >= 0.3 is 6.01 Å². The first-order chi connectivity index (χ1) is 9.85. The van der Waals surface area contributed by atoms with Gasteiger partial charge in [-0.2, -0.15) is 15.0 Å². The Hall–Kier alpha value is -2.35. The van der Waals surface area contributed by atoms with Crippen molar-refractivity contribution in [1.29, 1.82) is 0 Å². The third kappa shape index (κ3) is 2.80. The molecule has 1 aliphatic heterocycles. The lowest BCUT2D eigenvalue weighted by Gasteiger charge is -2.16. The van der Waals surface area contributed by atoms with Gasteiger partial charge in [0.25, 0.3) is 0 Å². The van der Waals surface area contributed by atoms with Gasteiger partial charge in [0, 0.05) is 13.1 Å². The zero-order valence-corrected chi connectivity index (χ0v) is 11.0. The largest absolute Gasteiger partial charge is 0.466 e. The SMILES string of the molecule is NNc1nc(OCc2ccco2)nc(N2CCCC2)n1. The van der Waals surface area contributed by atoms with Gasteiger partial charge in [-0.15, -0.1) is 0 Å². The molecule has 0 aliphatic carbocycles. The molecule has 0 aromatic carbocycles. The molecular formula is C12H16N6O2. The van der Waals surface area contributed by atoms with Crippen molar-refractivity contribution in [2.75, 3.05) is 23.4 Å². The second kappa shape index (κ2) is 5.74. The lowest BCUT2D eigenvalue weighted by Crippen LogP contribution is -2.22. The molecule has 106 valence electrons. The molecule has 2 aromatic heterocycles. The maximum absolute atomic E-state index is 5.51. The summed E-state index contributed by atoms with van der Waals surface area (Å²) in [6.07, 6.45) is 3.87. The van der Waals surface area contributed by atoms with E-state index < -0.39 is 0 Å². The number of rotatable bonds is 5. The van der Waals surface area contributed by atoms with Gasteiger partial charge in [0.15, 0.2) is 0 Å². The predicted octanol–water partition coefficient (Wildman–Crippen LogP) is 0.929. The van der Waals surface area contributed by atoms with Crippen molar-refractivity contribution in [1.82, 2.24) is 15.0 Å². The van der Waals surface area contributed by atoms with Crippen LogP contribution in [-0.2, 0) is 6.61 Å². The molecule has 1 aliphatic rings. The number of aromatic nitrogens is 3. The first-order valence-corrected chi connectivity index (χ1v) is 6.48. The summed E-state index contributed by atoms with van der Waals surface area (Å²) in [5, 5.41) is 0. The molecule has 8 heteroatoms. The molecule has 0 spiro atoms. The minimum Gasteiger partial charge on any atom is -0.466 e. The third-order valence-electron chi connectivity index (χ3n) is 3.04. The number of nitrogens with zero attached hydrogens (tertiary/aromatic N) is 4. The van der Waals surface area contributed by atoms with Crippen LogP contribution < -0.4 is 20.9 Å². The van der Waals surface area contributed by atoms with E-state index in [2.05, 4.69) is 25.3 Å². The van der Waals surface area contributed by atoms with E-state index in [1.807, 2.05) is 6.07 Å². The Bertz CT molecular complexity index is 553. The van der Waals surface area contributed by atoms with Gasteiger partial charge < -0.3 is 14.1 Å². The summed E-state index contributed by atoms with van der Waals surface area (Å²) in [4.78, 5) is 14.7. The van der Waals surface area contributed by atoms with Crippen molar-refractivity contribution in [3.8, 4) is 6.01 Å². The number of hydrogen-bond acceptors (Lipinski definition) is 8. The Morgan fingerprint density at radius 3 is 2.85 bits per heavy atom. The van der Waals surface area contributed by atoms with Crippen LogP contribution in [0.1, 0.15) is 18.6 Å². The molecule has 0 radical (unpaired) electrons. The highest BCUT2D eigenvalue weighted by Crippen LogP contribution is 2.19. The van der Waals surface area contributed by atoms with Gasteiger partial charge in [0.05, 0.1) is 6.26 Å². The second-order valence-corrected chi connectivity index (χ2v) is 4.45. The number of hydrogen-bond donors (Lipinski definition) is 2. The summed E-state index contributed by atoms with van der Waals surface area (Å²) in [6, 6.07) is 3.85. The van der Waals surface area contributed by atoms with Crippen molar-refractivity contribution < 1.29 is 9.15 Å². The maximum atomic E-state index is 5.51. The molecule has 0 bridgehead atoms. The summed E-state index contributed by atoms with van der Waals surface area (Å²) in [6.45, 7) is 2.14. The Balaban J connectivity index is 1.76. The number of hydrazine groups is 1. The highest BCUT2D eigenvalue weighted by atomic mass is 16.5. The van der Waals surface area contributed by atoms with Crippen LogP contribution in [0.25, 0.3) is 0 Å². The Morgan fingerprint density at radius 2 is 2.15 bits per heavy atom. The topological polar surface area (TPSA) is 102 Å². The minimum atomic E-state index is 0.228. The lowest BCUT2D eigenvalue weighted by molar-refractivity contribution is 0.250. The molecule has 0 unspecified atom stereocenters. The molecule has 3 heterocycles. The third-order valence-corrected chi connectivity index (χ3v) is 3.04. The summed E-state index contributed by atoms with van der Waals surface area (Å²) in [7, 11) is 0. The molecule has 8 nitrogen and oxygen atoms in total. The highest BCUT2D eigenvalue weighted by Gasteiger charge is 2.17. The average molecular weight is 276 g/mol. The van der Waals surface area contributed by atoms with Gasteiger partial charge in [-0.1, -0.05) is 0 Å². The fraction of sp³-hybridized carbons (Fsp3) is 0.417. The molecule has 3 N–H and O–H groups in total. The Kier molecular flexibility index (Phi) is 3.64. The molecule has 2 aromatic rings. The monoisotopic (exact) mass is 276 g/mol. The quantitative estimate of drug-likeness (QED) is 0.614. The molecule has 1 fully saturated rings. The van der Waals surface area contributed by atoms with Gasteiger partial charge in [-0.3, -0.25) is 5.43 Å². The zero-order valence-electron chi connectivity index (χ0n) is 11.0. The van der Waals surface area contributed by atoms with Crippen LogP contribution in [-0.4, -0.2) is 28.0 Å². The van der Waals surface area contributed by atoms with Crippen molar-refractivity contribution in [3.63, 3.8) is 0 Å². The number of nitrogens with two attached hydrogens (primary N) is 1. The summed E-state index contributed by atoms with van der Waals surface area (Å²) in [5.74, 6) is 6.96. The van der Waals surface area contributed by atoms with Crippen LogP contribution in [0, 0.1) is 0 Å². The molecule has 1 saturated heterocycles. The van der Waals surface area contributed by atoms with Gasteiger partial charge in [0.2, 0.25) is 11.9 Å². The van der Waals surface area contributed by atoms with Crippen LogP contribution in [0.15, 0.2) is 22.8 Å². The van der Waals surface area contributed by atoms with E-state index in [4.69, 9.17) is 15.0 Å². The second-order valence-electron chi connectivity index (χ2n) is 4.45. The van der Waals surface area contributed by atoms with Crippen molar-refractivity contribution >= 4 is 11.9 Å². The lowest BCUT2D eigenvalue weighted by atomic mass is 10.4. The van der Waals surface area contributed by atoms with Crippen molar-refractivity contribution in [3.05, 3.63) is 24.2 Å². The molecule has 20 heavy (non-hydrogen) atoms. The maximum Gasteiger partial charge on any atom is 0.323 e. The molecule has 0 amide bonds. The number of nitrogens with one attached hydrogen (secondary N) is 1. The van der Waals surface area contributed by atoms with Crippen LogP contribution >= 0.6 is 0 Å². The predicted molar refractivity (Wildman–Crippen MR) is 72.1 cm³/mol. The number of anilines is 2. The van der Waals surface area contributed by atoms with E-state index in [0.29, 0.717) is 11.7 Å². The molecular weight excluding hydrogens is 260 g/mol. The van der Waals surface area contributed by atoms with E-state index in [0.717, 1.165) is 25.9 Å². The molecule has 0 atom stereocenters. The normalized spacial score (nSPS) is 14.6. The van der Waals surface area contributed by atoms with Crippen LogP contribution in [0.5, 0.6) is 6.01 Å². The number of furan rings is 1. The summed E-state index contributed by atoms with van der Waals surface area (Å²) < 4.78 is 10.7. The van der Waals surface area contributed by atoms with Gasteiger partial charge in [-0.05, 0) is 25.0 Å².